The van der Waals surface area contributed by atoms with E-state index >= 15 is 0 Å². The van der Waals surface area contributed by atoms with Crippen LogP contribution in [0.2, 0.25) is 5.02 Å². The molecule has 0 spiro atoms. The lowest BCUT2D eigenvalue weighted by atomic mass is 10.1. The summed E-state index contributed by atoms with van der Waals surface area (Å²) in [5.74, 6) is 0.629. The highest BCUT2D eigenvalue weighted by atomic mass is 35.5. The number of nitrogens with one attached hydrogen (secondary N) is 1. The molecule has 0 aliphatic heterocycles. The van der Waals surface area contributed by atoms with E-state index in [4.69, 9.17) is 16.9 Å². The summed E-state index contributed by atoms with van der Waals surface area (Å²) in [6, 6.07) is 7.44. The molecule has 0 fully saturated rings. The molecule has 0 radical (unpaired) electrons. The van der Waals surface area contributed by atoms with E-state index in [0.29, 0.717) is 23.0 Å². The van der Waals surface area contributed by atoms with Gasteiger partial charge in [-0.05, 0) is 30.2 Å². The van der Waals surface area contributed by atoms with Gasteiger partial charge in [-0.1, -0.05) is 31.5 Å². The lowest BCUT2D eigenvalue weighted by Gasteiger charge is -2.06. The van der Waals surface area contributed by atoms with Crippen LogP contribution in [0.3, 0.4) is 0 Å². The Morgan fingerprint density at radius 1 is 1.43 bits per heavy atom. The quantitative estimate of drug-likeness (QED) is 0.891. The van der Waals surface area contributed by atoms with Crippen molar-refractivity contribution in [2.45, 2.75) is 26.9 Å². The molecule has 0 aliphatic carbocycles. The molecule has 0 saturated carbocycles. The van der Waals surface area contributed by atoms with Gasteiger partial charge in [0.05, 0.1) is 23.7 Å². The molecular formula is C16H19ClN4. The van der Waals surface area contributed by atoms with Gasteiger partial charge in [0.2, 0.25) is 0 Å². The maximum atomic E-state index is 8.84. The van der Waals surface area contributed by atoms with Crippen molar-refractivity contribution in [3.8, 4) is 6.07 Å². The highest BCUT2D eigenvalue weighted by Crippen LogP contribution is 2.18. The fourth-order valence-electron chi connectivity index (χ4n) is 2.01. The molecule has 2 rings (SSSR count). The fourth-order valence-corrected chi connectivity index (χ4v) is 2.26. The molecule has 0 bridgehead atoms. The summed E-state index contributed by atoms with van der Waals surface area (Å²) in [5.41, 5.74) is 2.57. The number of imidazole rings is 1. The van der Waals surface area contributed by atoms with Crippen LogP contribution in [0, 0.1) is 17.2 Å². The van der Waals surface area contributed by atoms with E-state index in [9.17, 15) is 0 Å². The average Bonchev–Trinajstić information content (AvgIpc) is 2.88. The topological polar surface area (TPSA) is 53.6 Å². The van der Waals surface area contributed by atoms with Crippen LogP contribution in [0.4, 0.5) is 0 Å². The first-order valence-electron chi connectivity index (χ1n) is 6.98. The van der Waals surface area contributed by atoms with Crippen molar-refractivity contribution in [1.29, 1.82) is 5.26 Å². The number of nitrogens with zero attached hydrogens (tertiary/aromatic N) is 3. The van der Waals surface area contributed by atoms with Gasteiger partial charge in [-0.2, -0.15) is 5.26 Å². The smallest absolute Gasteiger partial charge is 0.0992 e. The van der Waals surface area contributed by atoms with Gasteiger partial charge in [0.15, 0.2) is 0 Å². The number of nitriles is 1. The van der Waals surface area contributed by atoms with Gasteiger partial charge in [-0.15, -0.1) is 0 Å². The third kappa shape index (κ3) is 4.59. The molecule has 0 unspecified atom stereocenters. The predicted octanol–water partition coefficient (Wildman–Crippen LogP) is 3.20. The maximum Gasteiger partial charge on any atom is 0.0992 e. The standard InChI is InChI=1S/C16H19ClN4/c1-12(2)7-19-8-15-10-21(11-20-15)9-14-4-3-13(6-18)5-16(14)17/h3-5,10-12,19H,7-9H2,1-2H3. The molecule has 0 aliphatic rings. The van der Waals surface area contributed by atoms with Gasteiger partial charge < -0.3 is 9.88 Å². The minimum Gasteiger partial charge on any atom is -0.333 e. The van der Waals surface area contributed by atoms with Crippen LogP contribution >= 0.6 is 11.6 Å². The van der Waals surface area contributed by atoms with E-state index in [1.165, 1.54) is 0 Å². The molecular weight excluding hydrogens is 284 g/mol. The first-order chi connectivity index (χ1) is 10.1. The van der Waals surface area contributed by atoms with Crippen LogP contribution < -0.4 is 5.32 Å². The molecule has 5 heteroatoms. The van der Waals surface area contributed by atoms with Crippen molar-refractivity contribution < 1.29 is 0 Å². The number of benzene rings is 1. The monoisotopic (exact) mass is 302 g/mol. The van der Waals surface area contributed by atoms with Crippen molar-refractivity contribution in [1.82, 2.24) is 14.9 Å². The van der Waals surface area contributed by atoms with Crippen molar-refractivity contribution in [2.24, 2.45) is 5.92 Å². The second-order valence-corrected chi connectivity index (χ2v) is 5.89. The lowest BCUT2D eigenvalue weighted by Crippen LogP contribution is -2.19. The minimum atomic E-state index is 0.577. The largest absolute Gasteiger partial charge is 0.333 e. The Hall–Kier alpha value is -1.83. The number of hydrogen-bond acceptors (Lipinski definition) is 3. The minimum absolute atomic E-state index is 0.577. The van der Waals surface area contributed by atoms with Crippen LogP contribution in [-0.4, -0.2) is 16.1 Å². The molecule has 1 aromatic heterocycles. The average molecular weight is 303 g/mol. The number of hydrogen-bond donors (Lipinski definition) is 1. The van der Waals surface area contributed by atoms with Crippen LogP contribution in [0.15, 0.2) is 30.7 Å². The van der Waals surface area contributed by atoms with Crippen LogP contribution in [0.1, 0.15) is 30.7 Å². The lowest BCUT2D eigenvalue weighted by molar-refractivity contribution is 0.548. The highest BCUT2D eigenvalue weighted by Gasteiger charge is 2.05. The molecule has 1 aromatic carbocycles. The number of rotatable bonds is 6. The highest BCUT2D eigenvalue weighted by molar-refractivity contribution is 6.31. The Labute approximate surface area is 130 Å². The molecule has 21 heavy (non-hydrogen) atoms. The second kappa shape index (κ2) is 7.26. The van der Waals surface area contributed by atoms with Crippen LogP contribution in [-0.2, 0) is 13.1 Å². The Morgan fingerprint density at radius 3 is 2.90 bits per heavy atom. The zero-order chi connectivity index (χ0) is 15.2. The first kappa shape index (κ1) is 15.6. The van der Waals surface area contributed by atoms with Crippen molar-refractivity contribution in [3.63, 3.8) is 0 Å². The molecule has 110 valence electrons. The SMILES string of the molecule is CC(C)CNCc1cn(Cc2ccc(C#N)cc2Cl)cn1. The van der Waals surface area contributed by atoms with Crippen molar-refractivity contribution >= 4 is 11.6 Å². The number of aromatic nitrogens is 2. The maximum absolute atomic E-state index is 8.84. The van der Waals surface area contributed by atoms with E-state index in [2.05, 4.69) is 30.2 Å². The van der Waals surface area contributed by atoms with Crippen LogP contribution in [0.5, 0.6) is 0 Å². The van der Waals surface area contributed by atoms with Gasteiger partial charge in [0.1, 0.15) is 0 Å². The molecule has 4 nitrogen and oxygen atoms in total. The molecule has 1 heterocycles. The first-order valence-corrected chi connectivity index (χ1v) is 7.36. The molecule has 1 N–H and O–H groups in total. The summed E-state index contributed by atoms with van der Waals surface area (Å²) in [6.07, 6.45) is 3.82. The van der Waals surface area contributed by atoms with Gasteiger partial charge in [-0.25, -0.2) is 4.98 Å². The summed E-state index contributed by atoms with van der Waals surface area (Å²) in [7, 11) is 0. The summed E-state index contributed by atoms with van der Waals surface area (Å²) in [5, 5.41) is 12.8. The second-order valence-electron chi connectivity index (χ2n) is 5.48. The van der Waals surface area contributed by atoms with E-state index < -0.39 is 0 Å². The molecule has 2 aromatic rings. The van der Waals surface area contributed by atoms with E-state index in [0.717, 1.165) is 24.3 Å². The summed E-state index contributed by atoms with van der Waals surface area (Å²) in [4.78, 5) is 4.38. The molecule has 0 amide bonds. The normalized spacial score (nSPS) is 10.8. The molecule has 0 atom stereocenters. The number of halogens is 1. The van der Waals surface area contributed by atoms with Gasteiger partial charge >= 0.3 is 0 Å². The van der Waals surface area contributed by atoms with Crippen molar-refractivity contribution in [3.05, 3.63) is 52.6 Å². The predicted molar refractivity (Wildman–Crippen MR) is 84.0 cm³/mol. The van der Waals surface area contributed by atoms with E-state index in [1.54, 1.807) is 18.5 Å². The third-order valence-electron chi connectivity index (χ3n) is 3.08. The zero-order valence-electron chi connectivity index (χ0n) is 12.3. The van der Waals surface area contributed by atoms with Gasteiger partial charge in [0.25, 0.3) is 0 Å². The van der Waals surface area contributed by atoms with E-state index in [1.807, 2.05) is 16.8 Å². The summed E-state index contributed by atoms with van der Waals surface area (Å²) < 4.78 is 2.00. The summed E-state index contributed by atoms with van der Waals surface area (Å²) in [6.45, 7) is 6.76. The van der Waals surface area contributed by atoms with Gasteiger partial charge in [0, 0.05) is 24.3 Å². The van der Waals surface area contributed by atoms with Crippen LogP contribution in [0.25, 0.3) is 0 Å². The molecule has 0 saturated heterocycles. The van der Waals surface area contributed by atoms with Crippen molar-refractivity contribution in [2.75, 3.05) is 6.54 Å². The van der Waals surface area contributed by atoms with Gasteiger partial charge in [-0.3, -0.25) is 0 Å². The third-order valence-corrected chi connectivity index (χ3v) is 3.43. The Kier molecular flexibility index (Phi) is 5.38. The Bertz CT molecular complexity index is 640. The van der Waals surface area contributed by atoms with E-state index in [-0.39, 0.29) is 0 Å². The Morgan fingerprint density at radius 2 is 2.24 bits per heavy atom. The summed E-state index contributed by atoms with van der Waals surface area (Å²) >= 11 is 6.19. The Balaban J connectivity index is 1.98. The zero-order valence-corrected chi connectivity index (χ0v) is 13.1. The fraction of sp³-hybridized carbons (Fsp3) is 0.375.